The number of β-amino-alcohol motifs (C(OH)–C–C–N with tert-alkyl or cyclic N) is 1. The molecule has 1 fully saturated rings. The fourth-order valence-corrected chi connectivity index (χ4v) is 5.48. The molecule has 2 amide bonds. The molecule has 1 saturated heterocycles. The predicted molar refractivity (Wildman–Crippen MR) is 150 cm³/mol. The van der Waals surface area contributed by atoms with Crippen molar-refractivity contribution in [3.05, 3.63) is 77.0 Å². The van der Waals surface area contributed by atoms with Gasteiger partial charge in [-0.05, 0) is 60.7 Å². The molecule has 2 aliphatic heterocycles. The molecule has 2 unspecified atom stereocenters. The number of anilines is 1. The van der Waals surface area contributed by atoms with Gasteiger partial charge in [-0.3, -0.25) is 14.5 Å². The van der Waals surface area contributed by atoms with Gasteiger partial charge in [0.05, 0.1) is 12.3 Å². The monoisotopic (exact) mass is 547 g/mol. The molecule has 3 heterocycles. The van der Waals surface area contributed by atoms with E-state index >= 15 is 0 Å². The minimum Gasteiger partial charge on any atom is -0.485 e. The number of nitrogens with one attached hydrogen (secondary N) is 2. The summed E-state index contributed by atoms with van der Waals surface area (Å²) < 4.78 is 11.2. The predicted octanol–water partition coefficient (Wildman–Crippen LogP) is 2.74. The van der Waals surface area contributed by atoms with E-state index in [2.05, 4.69) is 33.5 Å². The van der Waals surface area contributed by atoms with E-state index in [4.69, 9.17) is 9.15 Å². The number of amides is 2. The van der Waals surface area contributed by atoms with Crippen molar-refractivity contribution in [2.24, 2.45) is 0 Å². The van der Waals surface area contributed by atoms with E-state index in [-0.39, 0.29) is 24.4 Å². The average molecular weight is 548 g/mol. The summed E-state index contributed by atoms with van der Waals surface area (Å²) in [4.78, 5) is 32.3. The summed E-state index contributed by atoms with van der Waals surface area (Å²) in [6.07, 6.45) is 4.10. The van der Waals surface area contributed by atoms with Crippen LogP contribution < -0.4 is 15.4 Å². The van der Waals surface area contributed by atoms with Crippen molar-refractivity contribution in [2.75, 3.05) is 38.0 Å². The van der Waals surface area contributed by atoms with Gasteiger partial charge in [-0.25, -0.2) is 4.98 Å². The smallest absolute Gasteiger partial charge is 0.251 e. The number of aromatic nitrogens is 1. The Bertz CT molecular complexity index is 1330. The summed E-state index contributed by atoms with van der Waals surface area (Å²) in [7, 11) is 0. The van der Waals surface area contributed by atoms with E-state index in [0.29, 0.717) is 31.0 Å². The number of likely N-dealkylation sites (tertiary alicyclic amines) is 1. The van der Waals surface area contributed by atoms with Crippen LogP contribution in [0.5, 0.6) is 5.75 Å². The van der Waals surface area contributed by atoms with Crippen LogP contribution >= 0.6 is 0 Å². The Morgan fingerprint density at radius 1 is 1.25 bits per heavy atom. The Labute approximate surface area is 234 Å². The van der Waals surface area contributed by atoms with Gasteiger partial charge in [0.2, 0.25) is 5.91 Å². The summed E-state index contributed by atoms with van der Waals surface area (Å²) in [6, 6.07) is 11.6. The third-order valence-electron chi connectivity index (χ3n) is 7.67. The van der Waals surface area contributed by atoms with Crippen LogP contribution in [0.2, 0.25) is 0 Å². The van der Waals surface area contributed by atoms with Gasteiger partial charge in [0.1, 0.15) is 12.4 Å². The van der Waals surface area contributed by atoms with Gasteiger partial charge in [-0.1, -0.05) is 12.1 Å². The normalized spacial score (nSPS) is 17.8. The number of benzene rings is 2. The summed E-state index contributed by atoms with van der Waals surface area (Å²) in [6.45, 7) is 7.60. The zero-order valence-electron chi connectivity index (χ0n) is 23.1. The Hall–Kier alpha value is -3.89. The summed E-state index contributed by atoms with van der Waals surface area (Å²) >= 11 is 0. The Kier molecular flexibility index (Phi) is 8.66. The molecule has 0 saturated carbocycles. The lowest BCUT2D eigenvalue weighted by atomic mass is 9.94. The minimum absolute atomic E-state index is 0.0822. The van der Waals surface area contributed by atoms with Gasteiger partial charge < -0.3 is 29.8 Å². The highest BCUT2D eigenvalue weighted by atomic mass is 16.5. The number of carbonyl (C=O) groups excluding carboxylic acids is 2. The first-order valence-electron chi connectivity index (χ1n) is 13.8. The zero-order chi connectivity index (χ0) is 28.1. The van der Waals surface area contributed by atoms with Crippen molar-refractivity contribution < 1.29 is 23.8 Å². The molecule has 10 heteroatoms. The van der Waals surface area contributed by atoms with Gasteiger partial charge in [0.25, 0.3) is 5.91 Å². The molecule has 2 aliphatic rings. The number of aliphatic hydroxyl groups excluding tert-OH is 1. The van der Waals surface area contributed by atoms with E-state index in [1.54, 1.807) is 19.2 Å². The van der Waals surface area contributed by atoms with Crippen LogP contribution in [0.3, 0.4) is 0 Å². The number of nitrogens with zero attached hydrogens (tertiary/aromatic N) is 3. The maximum atomic E-state index is 12.8. The Morgan fingerprint density at radius 3 is 2.90 bits per heavy atom. The Balaban J connectivity index is 1.08. The van der Waals surface area contributed by atoms with Crippen LogP contribution in [0, 0.1) is 6.92 Å². The fraction of sp³-hybridized carbons (Fsp3) is 0.433. The summed E-state index contributed by atoms with van der Waals surface area (Å²) in [5, 5.41) is 17.0. The van der Waals surface area contributed by atoms with Crippen molar-refractivity contribution in [3.63, 3.8) is 0 Å². The van der Waals surface area contributed by atoms with Gasteiger partial charge in [0.15, 0.2) is 12.2 Å². The molecule has 1 aromatic heterocycles. The van der Waals surface area contributed by atoms with Crippen molar-refractivity contribution >= 4 is 17.5 Å². The van der Waals surface area contributed by atoms with Crippen molar-refractivity contribution in [1.29, 1.82) is 0 Å². The number of oxazole rings is 1. The molecule has 0 radical (unpaired) electrons. The maximum Gasteiger partial charge on any atom is 0.251 e. The lowest BCUT2D eigenvalue weighted by molar-refractivity contribution is -0.127. The second kappa shape index (κ2) is 12.5. The zero-order valence-corrected chi connectivity index (χ0v) is 23.1. The first-order chi connectivity index (χ1) is 19.4. The van der Waals surface area contributed by atoms with E-state index in [1.807, 2.05) is 29.2 Å². The first kappa shape index (κ1) is 27.7. The molecule has 0 bridgehead atoms. The molecule has 2 atom stereocenters. The number of carbonyl (C=O) groups is 2. The van der Waals surface area contributed by atoms with Crippen LogP contribution in [0.1, 0.15) is 46.2 Å². The second-order valence-electron chi connectivity index (χ2n) is 10.6. The number of rotatable bonds is 10. The molecule has 3 aromatic rings. The van der Waals surface area contributed by atoms with Crippen LogP contribution in [-0.4, -0.2) is 76.6 Å². The van der Waals surface area contributed by atoms with Crippen LogP contribution in [0.15, 0.2) is 53.4 Å². The quantitative estimate of drug-likeness (QED) is 0.355. The van der Waals surface area contributed by atoms with Gasteiger partial charge >= 0.3 is 0 Å². The standard InChI is InChI=1S/C30H37N5O5/c1-20-28-9-10-34(15-23(28)6-7-29(20)39-18-27-14-31-19-40-27)17-26(37)13-32-30(38)22-4-3-5-24(12-22)33-25-8-11-35(16-25)21(2)36/h3-7,12,14,19,25-26,33,37H,8-11,13,15-18H2,1-2H3,(H,32,38). The van der Waals surface area contributed by atoms with Crippen LogP contribution in [0.25, 0.3) is 0 Å². The third kappa shape index (κ3) is 6.81. The molecule has 40 heavy (non-hydrogen) atoms. The number of fused-ring (bicyclic) bond motifs is 1. The summed E-state index contributed by atoms with van der Waals surface area (Å²) in [5.74, 6) is 1.38. The Morgan fingerprint density at radius 2 is 2.12 bits per heavy atom. The first-order valence-corrected chi connectivity index (χ1v) is 13.8. The summed E-state index contributed by atoms with van der Waals surface area (Å²) in [5.41, 5.74) is 5.02. The molecular formula is C30H37N5O5. The van der Waals surface area contributed by atoms with Crippen molar-refractivity contribution in [3.8, 4) is 5.75 Å². The second-order valence-corrected chi connectivity index (χ2v) is 10.6. The van der Waals surface area contributed by atoms with E-state index in [1.165, 1.54) is 17.5 Å². The lowest BCUT2D eigenvalue weighted by Crippen LogP contribution is -2.42. The largest absolute Gasteiger partial charge is 0.485 e. The molecule has 10 nitrogen and oxygen atoms in total. The van der Waals surface area contributed by atoms with Crippen LogP contribution in [-0.2, 0) is 24.4 Å². The van der Waals surface area contributed by atoms with Gasteiger partial charge in [-0.2, -0.15) is 0 Å². The number of hydrogen-bond acceptors (Lipinski definition) is 8. The van der Waals surface area contributed by atoms with Crippen LogP contribution in [0.4, 0.5) is 5.69 Å². The minimum atomic E-state index is -0.687. The highest BCUT2D eigenvalue weighted by Crippen LogP contribution is 2.30. The van der Waals surface area contributed by atoms with E-state index in [0.717, 1.165) is 49.5 Å². The maximum absolute atomic E-state index is 12.8. The lowest BCUT2D eigenvalue weighted by Gasteiger charge is -2.31. The van der Waals surface area contributed by atoms with Crippen molar-refractivity contribution in [1.82, 2.24) is 20.1 Å². The number of ether oxygens (including phenoxy) is 1. The highest BCUT2D eigenvalue weighted by Gasteiger charge is 2.24. The third-order valence-corrected chi connectivity index (χ3v) is 7.67. The molecule has 3 N–H and O–H groups in total. The SMILES string of the molecule is CC(=O)N1CCC(Nc2cccc(C(=O)NCC(O)CN3CCc4c(ccc(OCc5cnco5)c4C)C3)c2)C1. The average Bonchev–Trinajstić information content (AvgIpc) is 3.64. The molecular weight excluding hydrogens is 510 g/mol. The van der Waals surface area contributed by atoms with E-state index < -0.39 is 6.10 Å². The van der Waals surface area contributed by atoms with Gasteiger partial charge in [-0.15, -0.1) is 0 Å². The molecule has 212 valence electrons. The number of hydrogen-bond donors (Lipinski definition) is 3. The molecule has 5 rings (SSSR count). The molecule has 0 spiro atoms. The van der Waals surface area contributed by atoms with Gasteiger partial charge in [0, 0.05) is 63.5 Å². The molecule has 0 aliphatic carbocycles. The van der Waals surface area contributed by atoms with Crippen molar-refractivity contribution in [2.45, 2.75) is 52.0 Å². The topological polar surface area (TPSA) is 120 Å². The molecule has 2 aromatic carbocycles. The fourth-order valence-electron chi connectivity index (χ4n) is 5.48. The number of aliphatic hydroxyl groups is 1. The van der Waals surface area contributed by atoms with E-state index in [9.17, 15) is 14.7 Å². The highest BCUT2D eigenvalue weighted by molar-refractivity contribution is 5.95.